The number of fused-ring (bicyclic) bond motifs is 1. The molecule has 2 aliphatic carbocycles. The summed E-state index contributed by atoms with van der Waals surface area (Å²) in [5.74, 6) is 1.62. The standard InChI is InChI=1S/C9H11.3CH3O.Zr/c1-2-5-9-7-3-6-8(9)4-1;3*1-2;/h1-2,4-6,8-9H,3,7H2;3*1H3;/q4*-1;+4. The summed E-state index contributed by atoms with van der Waals surface area (Å²) in [5, 5.41) is 24.8. The van der Waals surface area contributed by atoms with Crippen molar-refractivity contribution in [3.63, 3.8) is 0 Å². The zero-order chi connectivity index (χ0) is 12.1. The topological polar surface area (TPSA) is 69.2 Å². The van der Waals surface area contributed by atoms with Gasteiger partial charge in [0, 0.05) is 0 Å². The minimum Gasteiger partial charge on any atom is -0.857 e. The van der Waals surface area contributed by atoms with Gasteiger partial charge in [-0.15, -0.1) is 12.0 Å². The van der Waals surface area contributed by atoms with Gasteiger partial charge in [-0.3, -0.25) is 0 Å². The second-order valence-electron chi connectivity index (χ2n) is 2.82. The van der Waals surface area contributed by atoms with Gasteiger partial charge in [-0.25, -0.2) is 0 Å². The summed E-state index contributed by atoms with van der Waals surface area (Å²) in [5.41, 5.74) is 0. The summed E-state index contributed by atoms with van der Waals surface area (Å²) in [4.78, 5) is 0. The van der Waals surface area contributed by atoms with Gasteiger partial charge >= 0.3 is 26.2 Å². The average Bonchev–Trinajstić information content (AvgIpc) is 2.85. The van der Waals surface area contributed by atoms with Crippen molar-refractivity contribution in [2.24, 2.45) is 11.8 Å². The first-order chi connectivity index (χ1) is 7.47. The van der Waals surface area contributed by atoms with Gasteiger partial charge in [-0.1, -0.05) is 24.6 Å². The molecule has 0 N–H and O–H groups in total. The van der Waals surface area contributed by atoms with Crippen molar-refractivity contribution in [1.29, 1.82) is 0 Å². The second kappa shape index (κ2) is 17.6. The van der Waals surface area contributed by atoms with Crippen molar-refractivity contribution < 1.29 is 41.5 Å². The third kappa shape index (κ3) is 8.40. The van der Waals surface area contributed by atoms with E-state index in [0.29, 0.717) is 0 Å². The molecule has 2 atom stereocenters. The van der Waals surface area contributed by atoms with E-state index in [1.54, 1.807) is 0 Å². The van der Waals surface area contributed by atoms with Crippen LogP contribution in [0.3, 0.4) is 0 Å². The van der Waals surface area contributed by atoms with Crippen LogP contribution in [0, 0.1) is 18.3 Å². The normalized spacial score (nSPS) is 23.1. The average molecular weight is 304 g/mol. The van der Waals surface area contributed by atoms with E-state index in [9.17, 15) is 0 Å². The Kier molecular flexibility index (Phi) is 23.7. The molecule has 2 rings (SSSR count). The van der Waals surface area contributed by atoms with Crippen molar-refractivity contribution in [1.82, 2.24) is 0 Å². The minimum atomic E-state index is 0. The molecule has 0 aliphatic heterocycles. The molecule has 0 heterocycles. The Labute approximate surface area is 118 Å². The van der Waals surface area contributed by atoms with Crippen molar-refractivity contribution in [3.05, 3.63) is 30.7 Å². The van der Waals surface area contributed by atoms with E-state index < -0.39 is 0 Å². The maximum Gasteiger partial charge on any atom is 4.00 e. The van der Waals surface area contributed by atoms with E-state index in [0.717, 1.165) is 33.2 Å². The summed E-state index contributed by atoms with van der Waals surface area (Å²) >= 11 is 0. The van der Waals surface area contributed by atoms with Crippen LogP contribution in [0.4, 0.5) is 0 Å². The largest absolute Gasteiger partial charge is 4.00 e. The molecule has 0 bridgehead atoms. The summed E-state index contributed by atoms with van der Waals surface area (Å²) in [6, 6.07) is 0. The molecule has 1 saturated carbocycles. The molecule has 90 valence electrons. The third-order valence-electron chi connectivity index (χ3n) is 2.24. The second-order valence-corrected chi connectivity index (χ2v) is 2.82. The van der Waals surface area contributed by atoms with Crippen molar-refractivity contribution in [2.75, 3.05) is 21.3 Å². The molecule has 0 aromatic heterocycles. The van der Waals surface area contributed by atoms with Gasteiger partial charge < -0.3 is 21.7 Å². The molecule has 0 saturated heterocycles. The van der Waals surface area contributed by atoms with Crippen LogP contribution in [0.1, 0.15) is 12.8 Å². The molecule has 0 amide bonds. The van der Waals surface area contributed by atoms with Gasteiger partial charge in [-0.05, 0) is 5.92 Å². The summed E-state index contributed by atoms with van der Waals surface area (Å²) in [6.07, 6.45) is 14.1. The number of hydrogen-bond acceptors (Lipinski definition) is 3. The van der Waals surface area contributed by atoms with Gasteiger partial charge in [-0.2, -0.15) is 27.8 Å². The van der Waals surface area contributed by atoms with Crippen LogP contribution in [0.15, 0.2) is 24.3 Å². The van der Waals surface area contributed by atoms with E-state index in [-0.39, 0.29) is 26.2 Å². The van der Waals surface area contributed by atoms with E-state index in [1.165, 1.54) is 12.8 Å². The summed E-state index contributed by atoms with van der Waals surface area (Å²) in [7, 11) is 2.25. The van der Waals surface area contributed by atoms with Gasteiger partial charge in [0.2, 0.25) is 0 Å². The van der Waals surface area contributed by atoms with E-state index >= 15 is 0 Å². The maximum atomic E-state index is 8.25. The van der Waals surface area contributed by atoms with E-state index in [4.69, 9.17) is 15.3 Å². The number of hydrogen-bond donors (Lipinski definition) is 0. The fourth-order valence-electron chi connectivity index (χ4n) is 1.69. The third-order valence-corrected chi connectivity index (χ3v) is 2.24. The van der Waals surface area contributed by atoms with Crippen LogP contribution < -0.4 is 15.3 Å². The molecule has 0 aromatic carbocycles. The zero-order valence-electron chi connectivity index (χ0n) is 10.2. The monoisotopic (exact) mass is 302 g/mol. The van der Waals surface area contributed by atoms with E-state index in [1.807, 2.05) is 0 Å². The molecular formula is C12H20O3Zr. The van der Waals surface area contributed by atoms with Crippen molar-refractivity contribution in [2.45, 2.75) is 12.8 Å². The Morgan fingerprint density at radius 2 is 1.44 bits per heavy atom. The first-order valence-corrected chi connectivity index (χ1v) is 4.87. The SMILES string of the molecule is C1=CC2[CH-]CCC2C=C1.C[O-].C[O-].C[O-].[Zr+4]. The zero-order valence-corrected chi connectivity index (χ0v) is 12.6. The molecule has 0 radical (unpaired) electrons. The predicted octanol–water partition coefficient (Wildman–Crippen LogP) is -0.730. The Bertz CT molecular complexity index is 152. The Hall–Kier alpha value is 0.243. The molecule has 4 heteroatoms. The molecule has 2 unspecified atom stereocenters. The Balaban J connectivity index is -0.000000214. The quantitative estimate of drug-likeness (QED) is 0.554. The minimum absolute atomic E-state index is 0. The van der Waals surface area contributed by atoms with Gasteiger partial charge in [0.1, 0.15) is 0 Å². The molecular weight excluding hydrogens is 283 g/mol. The van der Waals surface area contributed by atoms with E-state index in [2.05, 4.69) is 30.7 Å². The summed E-state index contributed by atoms with van der Waals surface area (Å²) < 4.78 is 0. The number of allylic oxidation sites excluding steroid dienone is 4. The fraction of sp³-hybridized carbons (Fsp3) is 0.583. The van der Waals surface area contributed by atoms with Gasteiger partial charge in [0.25, 0.3) is 0 Å². The smallest absolute Gasteiger partial charge is 0.857 e. The fourth-order valence-corrected chi connectivity index (χ4v) is 1.69. The predicted molar refractivity (Wildman–Crippen MR) is 56.6 cm³/mol. The van der Waals surface area contributed by atoms with Crippen LogP contribution in [0.2, 0.25) is 0 Å². The molecule has 2 aliphatic rings. The first-order valence-electron chi connectivity index (χ1n) is 4.87. The molecule has 0 spiro atoms. The molecule has 1 fully saturated rings. The van der Waals surface area contributed by atoms with Crippen LogP contribution >= 0.6 is 0 Å². The first kappa shape index (κ1) is 21.5. The van der Waals surface area contributed by atoms with Gasteiger partial charge in [0.05, 0.1) is 0 Å². The van der Waals surface area contributed by atoms with Crippen LogP contribution in [0.25, 0.3) is 0 Å². The summed E-state index contributed by atoms with van der Waals surface area (Å²) in [6.45, 7) is 0. The molecule has 16 heavy (non-hydrogen) atoms. The van der Waals surface area contributed by atoms with Crippen LogP contribution in [-0.4, -0.2) is 21.3 Å². The maximum absolute atomic E-state index is 8.25. The van der Waals surface area contributed by atoms with Gasteiger partial charge in [0.15, 0.2) is 0 Å². The Morgan fingerprint density at radius 1 is 0.938 bits per heavy atom. The number of rotatable bonds is 0. The van der Waals surface area contributed by atoms with Crippen molar-refractivity contribution >= 4 is 0 Å². The van der Waals surface area contributed by atoms with Crippen LogP contribution in [-0.2, 0) is 26.2 Å². The van der Waals surface area contributed by atoms with Crippen LogP contribution in [0.5, 0.6) is 0 Å². The van der Waals surface area contributed by atoms with Crippen molar-refractivity contribution in [3.8, 4) is 0 Å². The molecule has 0 aromatic rings. The Morgan fingerprint density at radius 3 is 1.94 bits per heavy atom. The molecule has 3 nitrogen and oxygen atoms in total.